The number of halogens is 2. The topological polar surface area (TPSA) is 61.8 Å². The van der Waals surface area contributed by atoms with Crippen LogP contribution in [-0.4, -0.2) is 25.0 Å². The third kappa shape index (κ3) is 4.51. The van der Waals surface area contributed by atoms with E-state index in [9.17, 15) is 9.59 Å². The van der Waals surface area contributed by atoms with Crippen LogP contribution >= 0.6 is 23.2 Å². The number of carbonyl (C=O) groups excluding carboxylic acids is 2. The molecule has 0 saturated heterocycles. The van der Waals surface area contributed by atoms with E-state index >= 15 is 0 Å². The summed E-state index contributed by atoms with van der Waals surface area (Å²) < 4.78 is 15.8. The fraction of sp³-hybridized carbons (Fsp3) is 0.100. The summed E-state index contributed by atoms with van der Waals surface area (Å²) in [6, 6.07) is 9.65. The Labute approximate surface area is 165 Å². The summed E-state index contributed by atoms with van der Waals surface area (Å²) in [4.78, 5) is 23.9. The lowest BCUT2D eigenvalue weighted by atomic mass is 10.1. The SMILES string of the molecule is C=CCOC(=O)COc1ccc2c(c1)O/C(=C\c1ccc(Cl)cc1Cl)C2=O. The number of carbonyl (C=O) groups is 2. The molecule has 1 aliphatic heterocycles. The molecule has 0 aromatic heterocycles. The normalized spacial score (nSPS) is 13.9. The molecule has 27 heavy (non-hydrogen) atoms. The first kappa shape index (κ1) is 19.0. The van der Waals surface area contributed by atoms with Crippen LogP contribution in [0.5, 0.6) is 11.5 Å². The van der Waals surface area contributed by atoms with Crippen molar-refractivity contribution in [3.05, 3.63) is 76.0 Å². The third-order valence-electron chi connectivity index (χ3n) is 3.61. The van der Waals surface area contributed by atoms with Crippen molar-refractivity contribution in [2.24, 2.45) is 0 Å². The maximum atomic E-state index is 12.5. The molecule has 1 heterocycles. The van der Waals surface area contributed by atoms with Gasteiger partial charge in [-0.2, -0.15) is 0 Å². The van der Waals surface area contributed by atoms with Crippen LogP contribution in [0.1, 0.15) is 15.9 Å². The van der Waals surface area contributed by atoms with Crippen LogP contribution < -0.4 is 9.47 Å². The first-order valence-electron chi connectivity index (χ1n) is 7.90. The predicted octanol–water partition coefficient (Wildman–Crippen LogP) is 4.72. The molecule has 0 spiro atoms. The van der Waals surface area contributed by atoms with Crippen LogP contribution in [0.3, 0.4) is 0 Å². The minimum Gasteiger partial charge on any atom is -0.482 e. The molecule has 0 N–H and O–H groups in total. The van der Waals surface area contributed by atoms with E-state index in [0.29, 0.717) is 32.7 Å². The zero-order valence-electron chi connectivity index (χ0n) is 14.0. The molecule has 138 valence electrons. The number of ether oxygens (including phenoxy) is 3. The van der Waals surface area contributed by atoms with E-state index in [1.165, 1.54) is 6.08 Å². The molecule has 2 aromatic rings. The van der Waals surface area contributed by atoms with E-state index in [1.807, 2.05) is 0 Å². The van der Waals surface area contributed by atoms with Crippen molar-refractivity contribution in [1.82, 2.24) is 0 Å². The lowest BCUT2D eigenvalue weighted by Crippen LogP contribution is -2.14. The number of hydrogen-bond donors (Lipinski definition) is 0. The zero-order valence-corrected chi connectivity index (χ0v) is 15.5. The Bertz CT molecular complexity index is 949. The van der Waals surface area contributed by atoms with Gasteiger partial charge < -0.3 is 14.2 Å². The monoisotopic (exact) mass is 404 g/mol. The summed E-state index contributed by atoms with van der Waals surface area (Å²) in [7, 11) is 0. The van der Waals surface area contributed by atoms with Crippen LogP contribution in [0.2, 0.25) is 10.0 Å². The summed E-state index contributed by atoms with van der Waals surface area (Å²) in [5, 5.41) is 0.905. The van der Waals surface area contributed by atoms with Gasteiger partial charge in [-0.3, -0.25) is 4.79 Å². The van der Waals surface area contributed by atoms with Crippen molar-refractivity contribution >= 4 is 41.0 Å². The van der Waals surface area contributed by atoms with Gasteiger partial charge >= 0.3 is 5.97 Å². The van der Waals surface area contributed by atoms with Crippen LogP contribution in [-0.2, 0) is 9.53 Å². The summed E-state index contributed by atoms with van der Waals surface area (Å²) in [5.74, 6) is 0.0613. The van der Waals surface area contributed by atoms with E-state index in [2.05, 4.69) is 6.58 Å². The molecule has 0 radical (unpaired) electrons. The number of hydrogen-bond acceptors (Lipinski definition) is 5. The van der Waals surface area contributed by atoms with Crippen LogP contribution in [0.25, 0.3) is 6.08 Å². The number of esters is 1. The number of fused-ring (bicyclic) bond motifs is 1. The molecule has 0 unspecified atom stereocenters. The van der Waals surface area contributed by atoms with E-state index < -0.39 is 5.97 Å². The van der Waals surface area contributed by atoms with Crippen molar-refractivity contribution in [1.29, 1.82) is 0 Å². The van der Waals surface area contributed by atoms with E-state index in [1.54, 1.807) is 42.5 Å². The Kier molecular flexibility index (Phi) is 5.84. The largest absolute Gasteiger partial charge is 0.482 e. The van der Waals surface area contributed by atoms with Gasteiger partial charge in [0.1, 0.15) is 18.1 Å². The summed E-state index contributed by atoms with van der Waals surface area (Å²) in [6.45, 7) is 3.31. The summed E-state index contributed by atoms with van der Waals surface area (Å²) >= 11 is 12.0. The fourth-order valence-electron chi connectivity index (χ4n) is 2.35. The number of ketones is 1. The lowest BCUT2D eigenvalue weighted by molar-refractivity contribution is -0.144. The van der Waals surface area contributed by atoms with E-state index in [-0.39, 0.29) is 24.8 Å². The number of allylic oxidation sites excluding steroid dienone is 1. The van der Waals surface area contributed by atoms with E-state index in [0.717, 1.165) is 0 Å². The number of benzene rings is 2. The Balaban J connectivity index is 1.74. The van der Waals surface area contributed by atoms with Gasteiger partial charge in [0.05, 0.1) is 5.56 Å². The minimum atomic E-state index is -0.523. The van der Waals surface area contributed by atoms with Crippen molar-refractivity contribution in [3.8, 4) is 11.5 Å². The second-order valence-electron chi connectivity index (χ2n) is 5.52. The highest BCUT2D eigenvalue weighted by molar-refractivity contribution is 6.35. The highest BCUT2D eigenvalue weighted by atomic mass is 35.5. The van der Waals surface area contributed by atoms with Crippen LogP contribution in [0.4, 0.5) is 0 Å². The first-order valence-corrected chi connectivity index (χ1v) is 8.66. The highest BCUT2D eigenvalue weighted by Gasteiger charge is 2.28. The Morgan fingerprint density at radius 3 is 2.74 bits per heavy atom. The second kappa shape index (κ2) is 8.29. The van der Waals surface area contributed by atoms with Gasteiger partial charge in [0.25, 0.3) is 0 Å². The van der Waals surface area contributed by atoms with Gasteiger partial charge in [0.2, 0.25) is 5.78 Å². The standard InChI is InChI=1S/C20H14Cl2O5/c1-2-7-25-19(23)11-26-14-5-6-15-17(10-14)27-18(20(15)24)8-12-3-4-13(21)9-16(12)22/h2-6,8-10H,1,7,11H2/b18-8-. The van der Waals surface area contributed by atoms with Gasteiger partial charge in [0.15, 0.2) is 12.4 Å². The van der Waals surface area contributed by atoms with Crippen molar-refractivity contribution in [2.75, 3.05) is 13.2 Å². The minimum absolute atomic E-state index is 0.116. The predicted molar refractivity (Wildman–Crippen MR) is 102 cm³/mol. The fourth-order valence-corrected chi connectivity index (χ4v) is 2.82. The van der Waals surface area contributed by atoms with Gasteiger partial charge in [-0.25, -0.2) is 4.79 Å². The third-order valence-corrected chi connectivity index (χ3v) is 4.17. The highest BCUT2D eigenvalue weighted by Crippen LogP contribution is 2.35. The molecule has 0 fully saturated rings. The van der Waals surface area contributed by atoms with Crippen molar-refractivity contribution in [3.63, 3.8) is 0 Å². The van der Waals surface area contributed by atoms with Gasteiger partial charge in [-0.05, 0) is 35.9 Å². The van der Waals surface area contributed by atoms with Crippen molar-refractivity contribution < 1.29 is 23.8 Å². The molecule has 0 aliphatic carbocycles. The number of rotatable bonds is 6. The van der Waals surface area contributed by atoms with Gasteiger partial charge in [0, 0.05) is 16.1 Å². The molecule has 3 rings (SSSR count). The average Bonchev–Trinajstić information content (AvgIpc) is 2.95. The molecule has 5 nitrogen and oxygen atoms in total. The second-order valence-corrected chi connectivity index (χ2v) is 6.37. The van der Waals surface area contributed by atoms with Crippen LogP contribution in [0.15, 0.2) is 54.8 Å². The Hall–Kier alpha value is -2.76. The smallest absolute Gasteiger partial charge is 0.344 e. The first-order chi connectivity index (χ1) is 13.0. The maximum Gasteiger partial charge on any atom is 0.344 e. The summed E-state index contributed by atoms with van der Waals surface area (Å²) in [6.07, 6.45) is 3.02. The molecule has 0 saturated carbocycles. The van der Waals surface area contributed by atoms with Gasteiger partial charge in [-0.1, -0.05) is 41.9 Å². The number of Topliss-reactive ketones (excluding diaryl/α,β-unsaturated/α-hetero) is 1. The Morgan fingerprint density at radius 2 is 2.00 bits per heavy atom. The molecule has 0 amide bonds. The molecule has 0 bridgehead atoms. The molecule has 0 atom stereocenters. The average molecular weight is 405 g/mol. The van der Waals surface area contributed by atoms with Gasteiger partial charge in [-0.15, -0.1) is 0 Å². The molecule has 7 heteroatoms. The maximum absolute atomic E-state index is 12.5. The summed E-state index contributed by atoms with van der Waals surface area (Å²) in [5.41, 5.74) is 1.01. The molecular weight excluding hydrogens is 391 g/mol. The molecule has 1 aliphatic rings. The molecule has 2 aromatic carbocycles. The van der Waals surface area contributed by atoms with Crippen molar-refractivity contribution in [2.45, 2.75) is 0 Å². The molecular formula is C20H14Cl2O5. The lowest BCUT2D eigenvalue weighted by Gasteiger charge is -2.06. The van der Waals surface area contributed by atoms with E-state index in [4.69, 9.17) is 37.4 Å². The zero-order chi connectivity index (χ0) is 19.4. The van der Waals surface area contributed by atoms with Crippen LogP contribution in [0, 0.1) is 0 Å². The quantitative estimate of drug-likeness (QED) is 0.396. The Morgan fingerprint density at radius 1 is 1.19 bits per heavy atom.